The lowest BCUT2D eigenvalue weighted by Gasteiger charge is -2.33. The van der Waals surface area contributed by atoms with Crippen molar-refractivity contribution in [3.8, 4) is 0 Å². The number of carbonyl (C=O) groups is 1. The van der Waals surface area contributed by atoms with E-state index in [0.717, 1.165) is 30.2 Å². The lowest BCUT2D eigenvalue weighted by molar-refractivity contribution is 0.121. The van der Waals surface area contributed by atoms with Gasteiger partial charge in [0, 0.05) is 26.2 Å². The summed E-state index contributed by atoms with van der Waals surface area (Å²) in [5.41, 5.74) is 2.40. The summed E-state index contributed by atoms with van der Waals surface area (Å²) in [7, 11) is 1.42. The number of hydrogen-bond acceptors (Lipinski definition) is 5. The molecular weight excluding hydrogens is 286 g/mol. The number of piperazine rings is 1. The van der Waals surface area contributed by atoms with Crippen LogP contribution in [0.2, 0.25) is 0 Å². The first-order chi connectivity index (χ1) is 10.2. The van der Waals surface area contributed by atoms with Gasteiger partial charge in [0.1, 0.15) is 0 Å². The Bertz CT molecular complexity index is 647. The van der Waals surface area contributed by atoms with Crippen LogP contribution in [0.3, 0.4) is 0 Å². The third kappa shape index (κ3) is 2.81. The highest BCUT2D eigenvalue weighted by molar-refractivity contribution is 7.22. The highest BCUT2D eigenvalue weighted by Crippen LogP contribution is 2.30. The van der Waals surface area contributed by atoms with E-state index in [2.05, 4.69) is 30.0 Å². The van der Waals surface area contributed by atoms with E-state index in [-0.39, 0.29) is 6.09 Å². The molecule has 6 heteroatoms. The van der Waals surface area contributed by atoms with E-state index in [1.54, 1.807) is 16.2 Å². The van der Waals surface area contributed by atoms with Gasteiger partial charge in [0.05, 0.1) is 17.3 Å². The zero-order chi connectivity index (χ0) is 14.8. The van der Waals surface area contributed by atoms with Gasteiger partial charge in [-0.3, -0.25) is 0 Å². The number of hydrogen-bond donors (Lipinski definition) is 0. The lowest BCUT2D eigenvalue weighted by atomic mass is 10.2. The molecule has 2 heterocycles. The number of nitrogens with zero attached hydrogens (tertiary/aromatic N) is 3. The van der Waals surface area contributed by atoms with Crippen molar-refractivity contribution in [3.05, 3.63) is 23.8 Å². The molecule has 112 valence electrons. The molecule has 1 aromatic heterocycles. The van der Waals surface area contributed by atoms with E-state index in [4.69, 9.17) is 9.72 Å². The fourth-order valence-corrected chi connectivity index (χ4v) is 3.60. The molecule has 0 atom stereocenters. The molecule has 0 spiro atoms. The minimum absolute atomic E-state index is 0.244. The number of ether oxygens (including phenoxy) is 1. The molecule has 2 aromatic rings. The van der Waals surface area contributed by atoms with E-state index in [1.807, 2.05) is 0 Å². The Labute approximate surface area is 128 Å². The van der Waals surface area contributed by atoms with Crippen molar-refractivity contribution < 1.29 is 9.53 Å². The Kier molecular flexibility index (Phi) is 3.96. The molecule has 21 heavy (non-hydrogen) atoms. The zero-order valence-electron chi connectivity index (χ0n) is 12.3. The van der Waals surface area contributed by atoms with Crippen LogP contribution in [0.25, 0.3) is 10.2 Å². The molecule has 5 nitrogen and oxygen atoms in total. The number of carbonyl (C=O) groups excluding carboxylic acids is 1. The van der Waals surface area contributed by atoms with Crippen molar-refractivity contribution >= 4 is 32.8 Å². The van der Waals surface area contributed by atoms with Crippen LogP contribution in [-0.2, 0) is 11.2 Å². The molecule has 1 aromatic carbocycles. The normalized spacial score (nSPS) is 15.5. The topological polar surface area (TPSA) is 45.7 Å². The van der Waals surface area contributed by atoms with Crippen LogP contribution in [0.1, 0.15) is 12.5 Å². The smallest absolute Gasteiger partial charge is 0.409 e. The molecule has 1 aliphatic rings. The summed E-state index contributed by atoms with van der Waals surface area (Å²) in [6.45, 7) is 5.13. The summed E-state index contributed by atoms with van der Waals surface area (Å²) in [5.74, 6) is 0. The first-order valence-corrected chi connectivity index (χ1v) is 8.00. The van der Waals surface area contributed by atoms with Gasteiger partial charge in [-0.2, -0.15) is 0 Å². The van der Waals surface area contributed by atoms with Gasteiger partial charge in [0.25, 0.3) is 0 Å². The second-order valence-electron chi connectivity index (χ2n) is 5.10. The average Bonchev–Trinajstić information content (AvgIpc) is 2.97. The largest absolute Gasteiger partial charge is 0.453 e. The van der Waals surface area contributed by atoms with Gasteiger partial charge < -0.3 is 14.5 Å². The second-order valence-corrected chi connectivity index (χ2v) is 6.11. The summed E-state index contributed by atoms with van der Waals surface area (Å²) in [6.07, 6.45) is 0.799. The van der Waals surface area contributed by atoms with Crippen LogP contribution in [0.4, 0.5) is 9.93 Å². The number of amides is 1. The van der Waals surface area contributed by atoms with Crippen LogP contribution in [0, 0.1) is 0 Å². The van der Waals surface area contributed by atoms with Gasteiger partial charge in [0.15, 0.2) is 5.13 Å². The zero-order valence-corrected chi connectivity index (χ0v) is 13.2. The summed E-state index contributed by atoms with van der Waals surface area (Å²) >= 11 is 1.73. The van der Waals surface area contributed by atoms with E-state index >= 15 is 0 Å². The van der Waals surface area contributed by atoms with Crippen LogP contribution in [-0.4, -0.2) is 49.3 Å². The van der Waals surface area contributed by atoms with Gasteiger partial charge in [0.2, 0.25) is 0 Å². The molecule has 0 aliphatic carbocycles. The lowest BCUT2D eigenvalue weighted by Crippen LogP contribution is -2.48. The summed E-state index contributed by atoms with van der Waals surface area (Å²) in [5, 5.41) is 1.04. The van der Waals surface area contributed by atoms with Gasteiger partial charge >= 0.3 is 6.09 Å². The molecule has 0 saturated carbocycles. The first kappa shape index (κ1) is 14.1. The van der Waals surface area contributed by atoms with E-state index in [9.17, 15) is 4.79 Å². The monoisotopic (exact) mass is 305 g/mol. The molecule has 0 N–H and O–H groups in total. The van der Waals surface area contributed by atoms with Gasteiger partial charge in [-0.15, -0.1) is 0 Å². The fraction of sp³-hybridized carbons (Fsp3) is 0.467. The molecule has 1 saturated heterocycles. The third-order valence-corrected chi connectivity index (χ3v) is 4.91. The minimum Gasteiger partial charge on any atom is -0.453 e. The molecule has 0 radical (unpaired) electrons. The molecule has 1 amide bonds. The maximum atomic E-state index is 11.5. The number of anilines is 1. The van der Waals surface area contributed by atoms with Crippen molar-refractivity contribution in [2.75, 3.05) is 38.2 Å². The molecule has 0 unspecified atom stereocenters. The summed E-state index contributed by atoms with van der Waals surface area (Å²) < 4.78 is 6.00. The number of thiazole rings is 1. The Morgan fingerprint density at radius 1 is 1.33 bits per heavy atom. The maximum Gasteiger partial charge on any atom is 0.409 e. The number of fused-ring (bicyclic) bond motifs is 1. The van der Waals surface area contributed by atoms with E-state index in [1.165, 1.54) is 17.4 Å². The van der Waals surface area contributed by atoms with Gasteiger partial charge in [-0.25, -0.2) is 9.78 Å². The Morgan fingerprint density at radius 3 is 2.76 bits per heavy atom. The Morgan fingerprint density at radius 2 is 2.10 bits per heavy atom. The molecule has 3 rings (SSSR count). The molecule has 1 fully saturated rings. The van der Waals surface area contributed by atoms with Crippen LogP contribution >= 0.6 is 11.3 Å². The molecule has 1 aliphatic heterocycles. The molecular formula is C15H19N3O2S. The van der Waals surface area contributed by atoms with Crippen molar-refractivity contribution in [2.45, 2.75) is 13.3 Å². The maximum absolute atomic E-state index is 11.5. The van der Waals surface area contributed by atoms with Crippen molar-refractivity contribution in [2.24, 2.45) is 0 Å². The quantitative estimate of drug-likeness (QED) is 0.856. The minimum atomic E-state index is -0.244. The fourth-order valence-electron chi connectivity index (χ4n) is 2.52. The Hall–Kier alpha value is -1.82. The first-order valence-electron chi connectivity index (χ1n) is 7.18. The van der Waals surface area contributed by atoms with Crippen LogP contribution < -0.4 is 4.90 Å². The van der Waals surface area contributed by atoms with Crippen LogP contribution in [0.5, 0.6) is 0 Å². The highest BCUT2D eigenvalue weighted by Gasteiger charge is 2.23. The number of benzene rings is 1. The predicted octanol–water partition coefficient (Wildman–Crippen LogP) is 2.75. The van der Waals surface area contributed by atoms with E-state index in [0.29, 0.717) is 13.1 Å². The number of rotatable bonds is 2. The van der Waals surface area contributed by atoms with Gasteiger partial charge in [-0.05, 0) is 24.1 Å². The average molecular weight is 305 g/mol. The van der Waals surface area contributed by atoms with Gasteiger partial charge in [-0.1, -0.05) is 24.3 Å². The standard InChI is InChI=1S/C15H19N3O2S/c1-3-11-4-5-12-13(10-11)21-14(16-12)17-6-8-18(9-7-17)15(19)20-2/h4-5,10H,3,6-9H2,1-2H3. The second kappa shape index (κ2) is 5.89. The molecule has 0 bridgehead atoms. The summed E-state index contributed by atoms with van der Waals surface area (Å²) in [6, 6.07) is 6.46. The number of aryl methyl sites for hydroxylation is 1. The van der Waals surface area contributed by atoms with Crippen LogP contribution in [0.15, 0.2) is 18.2 Å². The highest BCUT2D eigenvalue weighted by atomic mass is 32.1. The predicted molar refractivity (Wildman–Crippen MR) is 85.2 cm³/mol. The van der Waals surface area contributed by atoms with Crippen molar-refractivity contribution in [1.82, 2.24) is 9.88 Å². The summed E-state index contributed by atoms with van der Waals surface area (Å²) in [4.78, 5) is 20.2. The van der Waals surface area contributed by atoms with E-state index < -0.39 is 0 Å². The van der Waals surface area contributed by atoms with Crippen molar-refractivity contribution in [3.63, 3.8) is 0 Å². The number of aromatic nitrogens is 1. The SMILES string of the molecule is CCc1ccc2nc(N3CCN(C(=O)OC)CC3)sc2c1. The Balaban J connectivity index is 1.74. The third-order valence-electron chi connectivity index (χ3n) is 3.83. The van der Waals surface area contributed by atoms with Crippen molar-refractivity contribution in [1.29, 1.82) is 0 Å². The number of methoxy groups -OCH3 is 1.